The van der Waals surface area contributed by atoms with Gasteiger partial charge in [0.1, 0.15) is 11.6 Å². The van der Waals surface area contributed by atoms with Gasteiger partial charge in [-0.3, -0.25) is 4.90 Å². The average molecular weight is 385 g/mol. The van der Waals surface area contributed by atoms with E-state index in [1.807, 2.05) is 25.1 Å². The minimum atomic E-state index is 0.489. The third-order valence-corrected chi connectivity index (χ3v) is 5.65. The zero-order chi connectivity index (χ0) is 18.8. The first kappa shape index (κ1) is 18.3. The molecule has 0 N–H and O–H groups in total. The van der Waals surface area contributed by atoms with Crippen molar-refractivity contribution in [3.05, 3.63) is 52.9 Å². The molecule has 0 atom stereocenters. The highest BCUT2D eigenvalue weighted by Crippen LogP contribution is 2.36. The van der Waals surface area contributed by atoms with Gasteiger partial charge in [-0.15, -0.1) is 0 Å². The van der Waals surface area contributed by atoms with Gasteiger partial charge >= 0.3 is 0 Å². The smallest absolute Gasteiger partial charge is 0.177 e. The maximum Gasteiger partial charge on any atom is 0.177 e. The van der Waals surface area contributed by atoms with Gasteiger partial charge in [0.2, 0.25) is 0 Å². The van der Waals surface area contributed by atoms with Gasteiger partial charge in [0.05, 0.1) is 18.7 Å². The largest absolute Gasteiger partial charge is 0.494 e. The molecule has 0 aliphatic carbocycles. The first-order valence-electron chi connectivity index (χ1n) is 9.56. The summed E-state index contributed by atoms with van der Waals surface area (Å²) in [4.78, 5) is 11.5. The predicted octanol–water partition coefficient (Wildman–Crippen LogP) is 4.40. The SMILES string of the molecule is CCOc1ccc(Cl)cc1C1CCN(Cc2nc3ncccc3n2C)CC1. The molecule has 1 fully saturated rings. The molecule has 0 amide bonds. The molecule has 0 bridgehead atoms. The lowest BCUT2D eigenvalue weighted by atomic mass is 9.89. The van der Waals surface area contributed by atoms with Crippen LogP contribution in [-0.4, -0.2) is 39.1 Å². The van der Waals surface area contributed by atoms with E-state index in [2.05, 4.69) is 33.6 Å². The van der Waals surface area contributed by atoms with Crippen LogP contribution in [-0.2, 0) is 13.6 Å². The normalized spacial score (nSPS) is 16.1. The monoisotopic (exact) mass is 384 g/mol. The quantitative estimate of drug-likeness (QED) is 0.653. The van der Waals surface area contributed by atoms with Crippen LogP contribution in [0.1, 0.15) is 37.1 Å². The first-order valence-corrected chi connectivity index (χ1v) is 9.94. The van der Waals surface area contributed by atoms with E-state index in [0.717, 1.165) is 60.2 Å². The summed E-state index contributed by atoms with van der Waals surface area (Å²) in [5.74, 6) is 2.53. The Kier molecular flexibility index (Phi) is 5.32. The lowest BCUT2D eigenvalue weighted by Gasteiger charge is -2.32. The molecule has 3 heterocycles. The fraction of sp³-hybridized carbons (Fsp3) is 0.429. The van der Waals surface area contributed by atoms with E-state index in [1.54, 1.807) is 6.20 Å². The van der Waals surface area contributed by atoms with Crippen LogP contribution in [0.5, 0.6) is 5.75 Å². The highest BCUT2D eigenvalue weighted by Gasteiger charge is 2.24. The average Bonchev–Trinajstić information content (AvgIpc) is 3.00. The Labute approximate surface area is 164 Å². The van der Waals surface area contributed by atoms with Crippen LogP contribution >= 0.6 is 11.6 Å². The van der Waals surface area contributed by atoms with Crippen LogP contribution < -0.4 is 4.74 Å². The van der Waals surface area contributed by atoms with Gasteiger partial charge in [0.15, 0.2) is 5.65 Å². The molecule has 1 saturated heterocycles. The van der Waals surface area contributed by atoms with Gasteiger partial charge in [-0.25, -0.2) is 9.97 Å². The van der Waals surface area contributed by atoms with E-state index < -0.39 is 0 Å². The molecule has 2 aromatic heterocycles. The van der Waals surface area contributed by atoms with Crippen molar-refractivity contribution in [1.29, 1.82) is 0 Å². The van der Waals surface area contributed by atoms with E-state index in [-0.39, 0.29) is 0 Å². The lowest BCUT2D eigenvalue weighted by molar-refractivity contribution is 0.197. The predicted molar refractivity (Wildman–Crippen MR) is 108 cm³/mol. The van der Waals surface area contributed by atoms with Crippen LogP contribution in [0.15, 0.2) is 36.5 Å². The minimum absolute atomic E-state index is 0.489. The molecule has 1 aliphatic rings. The summed E-state index contributed by atoms with van der Waals surface area (Å²) in [6.45, 7) is 5.63. The standard InChI is InChI=1S/C21H25ClN4O/c1-3-27-19-7-6-16(22)13-17(19)15-8-11-26(12-9-15)14-20-24-21-18(25(20)2)5-4-10-23-21/h4-7,10,13,15H,3,8-9,11-12,14H2,1-2H3. The highest BCUT2D eigenvalue weighted by atomic mass is 35.5. The van der Waals surface area contributed by atoms with E-state index >= 15 is 0 Å². The molecule has 0 saturated carbocycles. The topological polar surface area (TPSA) is 43.2 Å². The van der Waals surface area contributed by atoms with E-state index in [4.69, 9.17) is 21.3 Å². The number of aromatic nitrogens is 3. The van der Waals surface area contributed by atoms with Crippen LogP contribution in [0.2, 0.25) is 5.02 Å². The van der Waals surface area contributed by atoms with Gasteiger partial charge in [0.25, 0.3) is 0 Å². The number of hydrogen-bond acceptors (Lipinski definition) is 4. The van der Waals surface area contributed by atoms with Gasteiger partial charge < -0.3 is 9.30 Å². The van der Waals surface area contributed by atoms with E-state index in [9.17, 15) is 0 Å². The van der Waals surface area contributed by atoms with Crippen molar-refractivity contribution in [3.8, 4) is 5.75 Å². The summed E-state index contributed by atoms with van der Waals surface area (Å²) in [6.07, 6.45) is 4.00. The summed E-state index contributed by atoms with van der Waals surface area (Å²) < 4.78 is 7.98. The molecule has 4 rings (SSSR count). The third kappa shape index (κ3) is 3.80. The number of benzene rings is 1. The number of ether oxygens (including phenoxy) is 1. The van der Waals surface area contributed by atoms with Crippen molar-refractivity contribution in [2.24, 2.45) is 7.05 Å². The van der Waals surface area contributed by atoms with Gasteiger partial charge in [-0.05, 0) is 74.7 Å². The minimum Gasteiger partial charge on any atom is -0.494 e. The number of rotatable bonds is 5. The lowest BCUT2D eigenvalue weighted by Crippen LogP contribution is -2.33. The van der Waals surface area contributed by atoms with Crippen molar-refractivity contribution in [3.63, 3.8) is 0 Å². The molecule has 0 unspecified atom stereocenters. The number of pyridine rings is 1. The summed E-state index contributed by atoms with van der Waals surface area (Å²) in [5.41, 5.74) is 3.16. The Bertz CT molecular complexity index is 931. The number of halogens is 1. The molecular weight excluding hydrogens is 360 g/mol. The number of nitrogens with zero attached hydrogens (tertiary/aromatic N) is 4. The summed E-state index contributed by atoms with van der Waals surface area (Å²) >= 11 is 6.25. The highest BCUT2D eigenvalue weighted by molar-refractivity contribution is 6.30. The summed E-state index contributed by atoms with van der Waals surface area (Å²) in [5, 5.41) is 0.781. The van der Waals surface area contributed by atoms with Crippen molar-refractivity contribution in [2.75, 3.05) is 19.7 Å². The Hall–Kier alpha value is -2.11. The van der Waals surface area contributed by atoms with Crippen molar-refractivity contribution in [2.45, 2.75) is 32.2 Å². The molecule has 5 nitrogen and oxygen atoms in total. The molecular formula is C21H25ClN4O. The van der Waals surface area contributed by atoms with Crippen molar-refractivity contribution >= 4 is 22.8 Å². The maximum absolute atomic E-state index is 6.25. The Morgan fingerprint density at radius 1 is 1.22 bits per heavy atom. The summed E-state index contributed by atoms with van der Waals surface area (Å²) in [6, 6.07) is 10.0. The molecule has 6 heteroatoms. The zero-order valence-electron chi connectivity index (χ0n) is 15.9. The van der Waals surface area contributed by atoms with E-state index in [1.165, 1.54) is 5.56 Å². The zero-order valence-corrected chi connectivity index (χ0v) is 16.6. The second kappa shape index (κ2) is 7.87. The fourth-order valence-corrected chi connectivity index (χ4v) is 4.12. The number of hydrogen-bond donors (Lipinski definition) is 0. The van der Waals surface area contributed by atoms with Gasteiger partial charge in [0, 0.05) is 18.3 Å². The Morgan fingerprint density at radius 3 is 2.78 bits per heavy atom. The Morgan fingerprint density at radius 2 is 2.04 bits per heavy atom. The van der Waals surface area contributed by atoms with Crippen molar-refractivity contribution < 1.29 is 4.74 Å². The molecule has 1 aliphatic heterocycles. The van der Waals surface area contributed by atoms with Crippen LogP contribution in [0, 0.1) is 0 Å². The third-order valence-electron chi connectivity index (χ3n) is 5.41. The first-order chi connectivity index (χ1) is 13.2. The van der Waals surface area contributed by atoms with Crippen LogP contribution in [0.4, 0.5) is 0 Å². The van der Waals surface area contributed by atoms with Gasteiger partial charge in [-0.1, -0.05) is 11.6 Å². The molecule has 3 aromatic rings. The number of piperidine rings is 1. The summed E-state index contributed by atoms with van der Waals surface area (Å²) in [7, 11) is 2.07. The number of aryl methyl sites for hydroxylation is 1. The molecule has 1 aromatic carbocycles. The molecule has 142 valence electrons. The molecule has 27 heavy (non-hydrogen) atoms. The number of fused-ring (bicyclic) bond motifs is 1. The maximum atomic E-state index is 6.25. The Balaban J connectivity index is 1.45. The van der Waals surface area contributed by atoms with Crippen LogP contribution in [0.25, 0.3) is 11.2 Å². The second-order valence-corrected chi connectivity index (χ2v) is 7.54. The number of imidazole rings is 1. The van der Waals surface area contributed by atoms with Gasteiger partial charge in [-0.2, -0.15) is 0 Å². The molecule has 0 spiro atoms. The second-order valence-electron chi connectivity index (χ2n) is 7.10. The van der Waals surface area contributed by atoms with Crippen LogP contribution in [0.3, 0.4) is 0 Å². The molecule has 0 radical (unpaired) electrons. The number of likely N-dealkylation sites (tertiary alicyclic amines) is 1. The fourth-order valence-electron chi connectivity index (χ4n) is 3.94. The van der Waals surface area contributed by atoms with E-state index in [0.29, 0.717) is 12.5 Å². The van der Waals surface area contributed by atoms with Crippen molar-refractivity contribution in [1.82, 2.24) is 19.4 Å².